The van der Waals surface area contributed by atoms with Crippen molar-refractivity contribution in [2.75, 3.05) is 63.4 Å². The number of halogens is 3. The second-order valence-corrected chi connectivity index (χ2v) is 16.2. The van der Waals surface area contributed by atoms with E-state index in [4.69, 9.17) is 54.0 Å². The molecule has 7 nitrogen and oxygen atoms in total. The molecule has 0 aliphatic carbocycles. The van der Waals surface area contributed by atoms with Crippen molar-refractivity contribution >= 4 is 42.6 Å². The lowest BCUT2D eigenvalue weighted by Crippen LogP contribution is -2.33. The van der Waals surface area contributed by atoms with Crippen LogP contribution in [0.25, 0.3) is 0 Å². The number of benzene rings is 3. The fourth-order valence-corrected chi connectivity index (χ4v) is 4.46. The number of rotatable bonds is 6. The number of phosphoric acid groups is 1. The fraction of sp³-hybridized carbons (Fsp3) is 0.455. The summed E-state index contributed by atoms with van der Waals surface area (Å²) in [7, 11) is 14.2. The van der Waals surface area contributed by atoms with Crippen molar-refractivity contribution in [2.24, 2.45) is 0 Å². The molecule has 0 unspecified atom stereocenters. The minimum absolute atomic E-state index is 0.867. The maximum absolute atomic E-state index is 8.55. The van der Waals surface area contributed by atoms with E-state index in [-0.39, 0.29) is 0 Å². The highest BCUT2D eigenvalue weighted by Crippen LogP contribution is 2.20. The summed E-state index contributed by atoms with van der Waals surface area (Å²) in [6, 6.07) is 18.8. The van der Waals surface area contributed by atoms with E-state index < -0.39 is 7.82 Å². The molecule has 248 valence electrons. The van der Waals surface area contributed by atoms with Gasteiger partial charge in [-0.2, -0.15) is 7.82 Å². The Morgan fingerprint density at radius 2 is 0.682 bits per heavy atom. The summed E-state index contributed by atoms with van der Waals surface area (Å²) in [4.78, 5) is 25.6. The van der Waals surface area contributed by atoms with Gasteiger partial charge in [-0.3, -0.25) is 0 Å². The second-order valence-electron chi connectivity index (χ2n) is 14.0. The quantitative estimate of drug-likeness (QED) is 0.244. The molecule has 0 radical (unpaired) electrons. The molecule has 0 saturated carbocycles. The van der Waals surface area contributed by atoms with E-state index in [0.29, 0.717) is 0 Å². The maximum Gasteiger partial charge on any atom is 0.104 e. The Morgan fingerprint density at radius 1 is 0.500 bits per heavy atom. The third-order valence-corrected chi connectivity index (χ3v) is 6.90. The largest absolute Gasteiger partial charge is 0.822 e. The molecule has 0 saturated heterocycles. The van der Waals surface area contributed by atoms with Crippen LogP contribution in [0.1, 0.15) is 33.4 Å². The molecule has 44 heavy (non-hydrogen) atoms. The smallest absolute Gasteiger partial charge is 0.104 e. The topological polar surface area (TPSA) is 86.2 Å². The minimum Gasteiger partial charge on any atom is -0.822 e. The molecule has 0 aliphatic rings. The lowest BCUT2D eigenvalue weighted by atomic mass is 10.1. The number of quaternary nitrogens is 3. The molecule has 11 heteroatoms. The van der Waals surface area contributed by atoms with Gasteiger partial charge in [0.15, 0.2) is 0 Å². The van der Waals surface area contributed by atoms with E-state index in [1.165, 1.54) is 16.7 Å². The Labute approximate surface area is 281 Å². The Bertz CT molecular complexity index is 1220. The third kappa shape index (κ3) is 22.9. The van der Waals surface area contributed by atoms with Gasteiger partial charge < -0.3 is 32.7 Å². The SMILES string of the molecule is Cc1ccc(C[N+](C)(C)C)cc1Cl.Cc1ccc(C[N+](C)(C)C)cc1Cl.Cc1ccc(C[N+](C)(C)C)cc1Cl.O=P([O-])([O-])[O-]. The fourth-order valence-electron chi connectivity index (χ4n) is 3.85. The van der Waals surface area contributed by atoms with Crippen molar-refractivity contribution in [1.29, 1.82) is 0 Å². The molecule has 0 atom stereocenters. The van der Waals surface area contributed by atoms with Gasteiger partial charge in [0.1, 0.15) is 19.6 Å². The molecule has 0 heterocycles. The molecule has 0 fully saturated rings. The highest BCUT2D eigenvalue weighted by atomic mass is 35.5. The van der Waals surface area contributed by atoms with Crippen LogP contribution in [0.3, 0.4) is 0 Å². The highest BCUT2D eigenvalue weighted by molar-refractivity contribution is 7.40. The van der Waals surface area contributed by atoms with Crippen molar-refractivity contribution in [1.82, 2.24) is 0 Å². The van der Waals surface area contributed by atoms with E-state index in [1.54, 1.807) is 0 Å². The number of hydrogen-bond donors (Lipinski definition) is 0. The van der Waals surface area contributed by atoms with Gasteiger partial charge >= 0.3 is 0 Å². The Balaban J connectivity index is 0.000000585. The first kappa shape index (κ1) is 42.5. The molecule has 0 amide bonds. The van der Waals surface area contributed by atoms with E-state index in [9.17, 15) is 0 Å². The molecule has 0 N–H and O–H groups in total. The first-order chi connectivity index (χ1) is 19.6. The first-order valence-corrected chi connectivity index (χ1v) is 16.6. The summed E-state index contributed by atoms with van der Waals surface area (Å²) in [6.45, 7) is 9.12. The molecule has 0 aliphatic heterocycles. The summed E-state index contributed by atoms with van der Waals surface area (Å²) < 4.78 is 11.3. The number of nitrogens with zero attached hydrogens (tertiary/aromatic N) is 3. The molecule has 3 aromatic rings. The zero-order valence-corrected chi connectivity index (χ0v) is 31.5. The zero-order chi connectivity index (χ0) is 34.7. The van der Waals surface area contributed by atoms with Gasteiger partial charge in [0.05, 0.1) is 63.4 Å². The molecule has 3 rings (SSSR count). The monoisotopic (exact) mass is 689 g/mol. The van der Waals surface area contributed by atoms with Crippen molar-refractivity contribution in [3.8, 4) is 0 Å². The Kier molecular flexibility index (Phi) is 17.4. The Hall–Kier alpha value is -1.48. The Morgan fingerprint density at radius 3 is 0.818 bits per heavy atom. The lowest BCUT2D eigenvalue weighted by molar-refractivity contribution is -0.884. The van der Waals surface area contributed by atoms with Gasteiger partial charge in [0, 0.05) is 31.8 Å². The van der Waals surface area contributed by atoms with Crippen LogP contribution in [-0.4, -0.2) is 76.9 Å². The number of hydrogen-bond acceptors (Lipinski definition) is 4. The molecule has 0 aromatic heterocycles. The highest BCUT2D eigenvalue weighted by Gasteiger charge is 2.11. The van der Waals surface area contributed by atoms with Crippen LogP contribution in [0.15, 0.2) is 54.6 Å². The molecule has 0 spiro atoms. The minimum atomic E-state index is -5.39. The van der Waals surface area contributed by atoms with E-state index >= 15 is 0 Å². The average molecular weight is 691 g/mol. The predicted octanol–water partition coefficient (Wildman–Crippen LogP) is 5.74. The summed E-state index contributed by atoms with van der Waals surface area (Å²) in [5.74, 6) is 0. The maximum atomic E-state index is 8.55. The van der Waals surface area contributed by atoms with E-state index in [1.807, 2.05) is 20.8 Å². The summed E-state index contributed by atoms with van der Waals surface area (Å²) in [5, 5.41) is 2.60. The molecule has 0 bridgehead atoms. The summed E-state index contributed by atoms with van der Waals surface area (Å²) in [6.07, 6.45) is 0. The molecular formula is C33H51Cl3N3O4P. The van der Waals surface area contributed by atoms with Gasteiger partial charge in [-0.25, -0.2) is 0 Å². The molecular weight excluding hydrogens is 640 g/mol. The van der Waals surface area contributed by atoms with Gasteiger partial charge in [-0.1, -0.05) is 71.2 Å². The first-order valence-electron chi connectivity index (χ1n) is 14.0. The van der Waals surface area contributed by atoms with Crippen molar-refractivity contribution in [3.05, 3.63) is 103 Å². The van der Waals surface area contributed by atoms with Crippen LogP contribution < -0.4 is 14.7 Å². The summed E-state index contributed by atoms with van der Waals surface area (Å²) in [5.41, 5.74) is 7.32. The second kappa shape index (κ2) is 18.0. The number of aryl methyl sites for hydroxylation is 3. The standard InChI is InChI=1S/3C11H17ClN.H3O4P/c3*1-9-5-6-10(7-11(9)12)8-13(2,3)4;1-5(2,3)4/h3*5-7H,8H2,1-4H3;(H3,1,2,3,4)/q3*+1;/p-3. The lowest BCUT2D eigenvalue weighted by Gasteiger charge is -2.36. The average Bonchev–Trinajstić information content (AvgIpc) is 2.78. The van der Waals surface area contributed by atoms with Crippen molar-refractivity contribution in [3.63, 3.8) is 0 Å². The van der Waals surface area contributed by atoms with Gasteiger partial charge in [0.2, 0.25) is 0 Å². The van der Waals surface area contributed by atoms with E-state index in [2.05, 4.69) is 118 Å². The van der Waals surface area contributed by atoms with Crippen LogP contribution in [0.5, 0.6) is 0 Å². The normalized spacial score (nSPS) is 11.8. The van der Waals surface area contributed by atoms with Crippen molar-refractivity contribution < 1.29 is 32.7 Å². The third-order valence-electron chi connectivity index (χ3n) is 5.68. The van der Waals surface area contributed by atoms with Crippen LogP contribution in [-0.2, 0) is 24.2 Å². The predicted molar refractivity (Wildman–Crippen MR) is 181 cm³/mol. The van der Waals surface area contributed by atoms with Crippen LogP contribution in [0.4, 0.5) is 0 Å². The van der Waals surface area contributed by atoms with Gasteiger partial charge in [-0.05, 0) is 55.7 Å². The van der Waals surface area contributed by atoms with Crippen LogP contribution in [0, 0.1) is 20.8 Å². The van der Waals surface area contributed by atoms with Crippen LogP contribution in [0.2, 0.25) is 15.1 Å². The van der Waals surface area contributed by atoms with Gasteiger partial charge in [0.25, 0.3) is 0 Å². The van der Waals surface area contributed by atoms with E-state index in [0.717, 1.165) is 64.8 Å². The molecule has 3 aromatic carbocycles. The zero-order valence-electron chi connectivity index (χ0n) is 28.4. The summed E-state index contributed by atoms with van der Waals surface area (Å²) >= 11 is 18.1. The van der Waals surface area contributed by atoms with Gasteiger partial charge in [-0.15, -0.1) is 0 Å². The van der Waals surface area contributed by atoms with Crippen molar-refractivity contribution in [2.45, 2.75) is 40.4 Å². The van der Waals surface area contributed by atoms with Crippen LogP contribution >= 0.6 is 42.6 Å².